The standard InChI is InChI=1S/C25H23N3O6/c29-23(26-20-11-5-10-18(20)24(30)31)21-12-22(34-28-21)27-25(32)33-13-19-16-8-3-1-6-14(16)15-7-2-4-9-17(15)19/h1-4,6-9,12,18-20H,5,10-11,13H2,(H,26,29)(H,27,32)(H,30,31)/t18-,20+/m0/s1. The molecule has 2 aromatic carbocycles. The second-order valence-corrected chi connectivity index (χ2v) is 8.48. The second-order valence-electron chi connectivity index (χ2n) is 8.48. The molecule has 3 N–H and O–H groups in total. The van der Waals surface area contributed by atoms with Crippen LogP contribution in [0.3, 0.4) is 0 Å². The van der Waals surface area contributed by atoms with Gasteiger partial charge in [0.05, 0.1) is 5.92 Å². The Morgan fingerprint density at radius 2 is 1.71 bits per heavy atom. The molecule has 9 nitrogen and oxygen atoms in total. The number of aromatic nitrogens is 1. The Morgan fingerprint density at radius 3 is 2.38 bits per heavy atom. The van der Waals surface area contributed by atoms with Gasteiger partial charge < -0.3 is 19.7 Å². The van der Waals surface area contributed by atoms with E-state index in [4.69, 9.17) is 9.26 Å². The maximum Gasteiger partial charge on any atom is 0.414 e. The van der Waals surface area contributed by atoms with E-state index >= 15 is 0 Å². The average molecular weight is 461 g/mol. The van der Waals surface area contributed by atoms with Crippen molar-refractivity contribution < 1.29 is 28.8 Å². The number of ether oxygens (including phenoxy) is 1. The van der Waals surface area contributed by atoms with Gasteiger partial charge in [-0.3, -0.25) is 14.9 Å². The fourth-order valence-corrected chi connectivity index (χ4v) is 4.85. The highest BCUT2D eigenvalue weighted by molar-refractivity contribution is 5.94. The molecule has 1 heterocycles. The first-order valence-electron chi connectivity index (χ1n) is 11.1. The van der Waals surface area contributed by atoms with Gasteiger partial charge in [0.15, 0.2) is 5.69 Å². The van der Waals surface area contributed by atoms with E-state index in [1.54, 1.807) is 0 Å². The molecule has 174 valence electrons. The second kappa shape index (κ2) is 9.01. The van der Waals surface area contributed by atoms with Crippen molar-refractivity contribution in [2.24, 2.45) is 5.92 Å². The monoisotopic (exact) mass is 461 g/mol. The number of aliphatic carboxylic acids is 1. The largest absolute Gasteiger partial charge is 0.481 e. The summed E-state index contributed by atoms with van der Waals surface area (Å²) in [6, 6.07) is 16.9. The highest BCUT2D eigenvalue weighted by atomic mass is 16.6. The summed E-state index contributed by atoms with van der Waals surface area (Å²) in [6.07, 6.45) is 1.11. The molecule has 0 radical (unpaired) electrons. The van der Waals surface area contributed by atoms with Crippen LogP contribution in [0, 0.1) is 5.92 Å². The number of hydrogen-bond acceptors (Lipinski definition) is 6. The van der Waals surface area contributed by atoms with Crippen molar-refractivity contribution in [2.75, 3.05) is 11.9 Å². The lowest BCUT2D eigenvalue weighted by atomic mass is 9.98. The van der Waals surface area contributed by atoms with Crippen LogP contribution in [0.25, 0.3) is 11.1 Å². The van der Waals surface area contributed by atoms with Crippen LogP contribution in [0.5, 0.6) is 0 Å². The molecule has 5 rings (SSSR count). The smallest absolute Gasteiger partial charge is 0.414 e. The molecular formula is C25H23N3O6. The van der Waals surface area contributed by atoms with Crippen LogP contribution in [0.15, 0.2) is 59.1 Å². The van der Waals surface area contributed by atoms with Crippen molar-refractivity contribution in [1.82, 2.24) is 10.5 Å². The van der Waals surface area contributed by atoms with Gasteiger partial charge in [0.1, 0.15) is 6.61 Å². The molecule has 1 aromatic heterocycles. The fourth-order valence-electron chi connectivity index (χ4n) is 4.85. The normalized spacial score (nSPS) is 18.7. The van der Waals surface area contributed by atoms with Gasteiger partial charge in [-0.1, -0.05) is 60.1 Å². The molecule has 2 amide bonds. The van der Waals surface area contributed by atoms with Crippen molar-refractivity contribution in [3.8, 4) is 11.1 Å². The van der Waals surface area contributed by atoms with Crippen LogP contribution in [-0.4, -0.2) is 40.9 Å². The molecule has 2 aliphatic carbocycles. The Hall–Kier alpha value is -4.14. The lowest BCUT2D eigenvalue weighted by Gasteiger charge is -2.16. The maximum absolute atomic E-state index is 12.4. The first kappa shape index (κ1) is 21.7. The summed E-state index contributed by atoms with van der Waals surface area (Å²) in [7, 11) is 0. The number of fused-ring (bicyclic) bond motifs is 3. The SMILES string of the molecule is O=C(Nc1cc(C(=O)N[C@@H]2CCC[C@@H]2C(=O)O)no1)OCC1c2ccccc2-c2ccccc21. The third-order valence-electron chi connectivity index (χ3n) is 6.46. The number of carbonyl (C=O) groups excluding carboxylic acids is 2. The van der Waals surface area contributed by atoms with Gasteiger partial charge in [-0.05, 0) is 35.1 Å². The number of nitrogens with zero attached hydrogens (tertiary/aromatic N) is 1. The summed E-state index contributed by atoms with van der Waals surface area (Å²) >= 11 is 0. The predicted molar refractivity (Wildman–Crippen MR) is 121 cm³/mol. The van der Waals surface area contributed by atoms with Crippen molar-refractivity contribution in [3.63, 3.8) is 0 Å². The lowest BCUT2D eigenvalue weighted by Crippen LogP contribution is -2.40. The number of hydrogen-bond donors (Lipinski definition) is 3. The maximum atomic E-state index is 12.4. The molecule has 0 aliphatic heterocycles. The molecule has 3 aromatic rings. The highest BCUT2D eigenvalue weighted by Gasteiger charge is 2.34. The molecule has 2 aliphatic rings. The number of anilines is 1. The van der Waals surface area contributed by atoms with Crippen molar-refractivity contribution in [2.45, 2.75) is 31.2 Å². The number of rotatable bonds is 6. The van der Waals surface area contributed by atoms with Gasteiger partial charge in [-0.15, -0.1) is 0 Å². The number of nitrogens with one attached hydrogen (secondary N) is 2. The zero-order valence-electron chi connectivity index (χ0n) is 18.2. The summed E-state index contributed by atoms with van der Waals surface area (Å²) in [4.78, 5) is 36.1. The molecule has 0 saturated heterocycles. The van der Waals surface area contributed by atoms with Crippen LogP contribution in [0.2, 0.25) is 0 Å². The minimum atomic E-state index is -0.930. The molecule has 34 heavy (non-hydrogen) atoms. The summed E-state index contributed by atoms with van der Waals surface area (Å²) < 4.78 is 10.5. The Labute approximate surface area is 195 Å². The highest BCUT2D eigenvalue weighted by Crippen LogP contribution is 2.44. The number of carboxylic acid groups (broad SMARTS) is 1. The topological polar surface area (TPSA) is 131 Å². The third-order valence-corrected chi connectivity index (χ3v) is 6.46. The van der Waals surface area contributed by atoms with Crippen LogP contribution in [0.1, 0.15) is 46.8 Å². The van der Waals surface area contributed by atoms with E-state index in [1.807, 2.05) is 36.4 Å². The Bertz CT molecular complexity index is 1210. The quantitative estimate of drug-likeness (QED) is 0.505. The predicted octanol–water partition coefficient (Wildman–Crippen LogP) is 4.02. The number of benzene rings is 2. The summed E-state index contributed by atoms with van der Waals surface area (Å²) in [5, 5.41) is 18.1. The van der Waals surface area contributed by atoms with Crippen molar-refractivity contribution >= 4 is 23.9 Å². The Kier molecular flexibility index (Phi) is 5.75. The first-order valence-corrected chi connectivity index (χ1v) is 11.1. The fraction of sp³-hybridized carbons (Fsp3) is 0.280. The number of carboxylic acids is 1. The van der Waals surface area contributed by atoms with Crippen LogP contribution >= 0.6 is 0 Å². The van der Waals surface area contributed by atoms with E-state index in [0.717, 1.165) is 28.7 Å². The van der Waals surface area contributed by atoms with Crippen molar-refractivity contribution in [3.05, 3.63) is 71.4 Å². The van der Waals surface area contributed by atoms with E-state index in [0.29, 0.717) is 12.8 Å². The van der Waals surface area contributed by atoms with Crippen molar-refractivity contribution in [1.29, 1.82) is 0 Å². The van der Waals surface area contributed by atoms with Gasteiger partial charge in [-0.25, -0.2) is 4.79 Å². The van der Waals surface area contributed by atoms with Crippen LogP contribution < -0.4 is 10.6 Å². The molecule has 1 fully saturated rings. The number of amides is 2. The zero-order chi connectivity index (χ0) is 23.7. The minimum Gasteiger partial charge on any atom is -0.481 e. The average Bonchev–Trinajstić information content (AvgIpc) is 3.56. The summed E-state index contributed by atoms with van der Waals surface area (Å²) in [5.74, 6) is -2.22. The third kappa shape index (κ3) is 4.12. The molecule has 2 atom stereocenters. The number of carbonyl (C=O) groups is 3. The Morgan fingerprint density at radius 1 is 1.03 bits per heavy atom. The molecule has 0 bridgehead atoms. The van der Waals surface area contributed by atoms with Crippen LogP contribution in [0.4, 0.5) is 10.7 Å². The van der Waals surface area contributed by atoms with E-state index in [1.165, 1.54) is 6.07 Å². The van der Waals surface area contributed by atoms with Gasteiger partial charge in [0.25, 0.3) is 5.91 Å². The van der Waals surface area contributed by atoms with Gasteiger partial charge in [-0.2, -0.15) is 0 Å². The first-order chi connectivity index (χ1) is 16.5. The van der Waals surface area contributed by atoms with E-state index in [9.17, 15) is 19.5 Å². The lowest BCUT2D eigenvalue weighted by molar-refractivity contribution is -0.142. The molecular weight excluding hydrogens is 438 g/mol. The summed E-state index contributed by atoms with van der Waals surface area (Å²) in [5.41, 5.74) is 4.41. The molecule has 9 heteroatoms. The Balaban J connectivity index is 1.19. The van der Waals surface area contributed by atoms with Gasteiger partial charge in [0.2, 0.25) is 5.88 Å². The molecule has 0 unspecified atom stereocenters. The van der Waals surface area contributed by atoms with Gasteiger partial charge >= 0.3 is 12.1 Å². The molecule has 0 spiro atoms. The molecule has 1 saturated carbocycles. The zero-order valence-corrected chi connectivity index (χ0v) is 18.2. The van der Waals surface area contributed by atoms with Crippen LogP contribution in [-0.2, 0) is 9.53 Å². The van der Waals surface area contributed by atoms with E-state index in [2.05, 4.69) is 27.9 Å². The summed E-state index contributed by atoms with van der Waals surface area (Å²) in [6.45, 7) is 0.138. The van der Waals surface area contributed by atoms with E-state index < -0.39 is 29.9 Å². The minimum absolute atomic E-state index is 0.0384. The van der Waals surface area contributed by atoms with E-state index in [-0.39, 0.29) is 24.1 Å². The van der Waals surface area contributed by atoms with Gasteiger partial charge in [0, 0.05) is 18.0 Å².